The van der Waals surface area contributed by atoms with Crippen LogP contribution >= 0.6 is 11.6 Å². The minimum Gasteiger partial charge on any atom is -0.448 e. The van der Waals surface area contributed by atoms with E-state index in [1.165, 1.54) is 12.1 Å². The lowest BCUT2D eigenvalue weighted by atomic mass is 9.98. The molecule has 3 rings (SSSR count). The number of hydrogen-bond acceptors (Lipinski definition) is 3. The summed E-state index contributed by atoms with van der Waals surface area (Å²) in [6.45, 7) is 0. The van der Waals surface area contributed by atoms with Gasteiger partial charge in [-0.2, -0.15) is 0 Å². The SMILES string of the molecule is O=C1O[C@@H](C(=O)Nc2ccc(F)c(Cl)c2)Cc2ccccc21. The number of benzene rings is 2. The molecule has 6 heteroatoms. The fraction of sp³-hybridized carbons (Fsp3) is 0.125. The third kappa shape index (κ3) is 2.80. The first-order valence-electron chi connectivity index (χ1n) is 6.59. The van der Waals surface area contributed by atoms with Crippen molar-refractivity contribution in [2.24, 2.45) is 0 Å². The van der Waals surface area contributed by atoms with Gasteiger partial charge in [-0.25, -0.2) is 9.18 Å². The number of fused-ring (bicyclic) bond motifs is 1. The topological polar surface area (TPSA) is 55.4 Å². The second-order valence-electron chi connectivity index (χ2n) is 4.87. The van der Waals surface area contributed by atoms with Gasteiger partial charge in [0.25, 0.3) is 5.91 Å². The standard InChI is InChI=1S/C16H11ClFNO3/c17-12-8-10(5-6-13(12)18)19-15(20)14-7-9-3-1-2-4-11(9)16(21)22-14/h1-6,8,14H,7H2,(H,19,20)/t14-/m1/s1. The highest BCUT2D eigenvalue weighted by atomic mass is 35.5. The van der Waals surface area contributed by atoms with E-state index >= 15 is 0 Å². The predicted molar refractivity (Wildman–Crippen MR) is 79.4 cm³/mol. The third-order valence-electron chi connectivity index (χ3n) is 3.37. The van der Waals surface area contributed by atoms with Crippen LogP contribution in [0, 0.1) is 5.82 Å². The zero-order valence-electron chi connectivity index (χ0n) is 11.3. The molecule has 1 N–H and O–H groups in total. The quantitative estimate of drug-likeness (QED) is 0.865. The Labute approximate surface area is 130 Å². The molecular formula is C16H11ClFNO3. The first-order chi connectivity index (χ1) is 10.5. The Hall–Kier alpha value is -2.40. The van der Waals surface area contributed by atoms with E-state index in [9.17, 15) is 14.0 Å². The van der Waals surface area contributed by atoms with Gasteiger partial charge in [0, 0.05) is 12.1 Å². The molecule has 0 saturated heterocycles. The summed E-state index contributed by atoms with van der Waals surface area (Å²) in [7, 11) is 0. The molecule has 2 aromatic carbocycles. The number of hydrogen-bond donors (Lipinski definition) is 1. The lowest BCUT2D eigenvalue weighted by molar-refractivity contribution is -0.125. The van der Waals surface area contributed by atoms with Crippen LogP contribution in [0.5, 0.6) is 0 Å². The van der Waals surface area contributed by atoms with Crippen LogP contribution in [0.15, 0.2) is 42.5 Å². The number of cyclic esters (lactones) is 1. The molecule has 1 amide bonds. The minimum absolute atomic E-state index is 0.0937. The fourth-order valence-electron chi connectivity index (χ4n) is 2.27. The highest BCUT2D eigenvalue weighted by Gasteiger charge is 2.31. The van der Waals surface area contributed by atoms with Crippen LogP contribution in [0.25, 0.3) is 0 Å². The van der Waals surface area contributed by atoms with Crippen molar-refractivity contribution in [1.82, 2.24) is 0 Å². The van der Waals surface area contributed by atoms with E-state index in [-0.39, 0.29) is 5.02 Å². The smallest absolute Gasteiger partial charge is 0.339 e. The van der Waals surface area contributed by atoms with Crippen molar-refractivity contribution >= 4 is 29.2 Å². The second-order valence-corrected chi connectivity index (χ2v) is 5.28. The van der Waals surface area contributed by atoms with E-state index in [2.05, 4.69) is 5.32 Å². The number of ether oxygens (including phenoxy) is 1. The molecule has 0 unspecified atom stereocenters. The van der Waals surface area contributed by atoms with Crippen molar-refractivity contribution in [1.29, 1.82) is 0 Å². The zero-order chi connectivity index (χ0) is 15.7. The summed E-state index contributed by atoms with van der Waals surface area (Å²) >= 11 is 5.66. The van der Waals surface area contributed by atoms with Crippen LogP contribution < -0.4 is 5.32 Å². The van der Waals surface area contributed by atoms with Crippen molar-refractivity contribution in [3.63, 3.8) is 0 Å². The van der Waals surface area contributed by atoms with Crippen LogP contribution in [0.2, 0.25) is 5.02 Å². The van der Waals surface area contributed by atoms with Crippen LogP contribution in [0.1, 0.15) is 15.9 Å². The lowest BCUT2D eigenvalue weighted by Crippen LogP contribution is -2.37. The third-order valence-corrected chi connectivity index (χ3v) is 3.66. The number of rotatable bonds is 2. The molecule has 0 aliphatic carbocycles. The molecule has 22 heavy (non-hydrogen) atoms. The van der Waals surface area contributed by atoms with E-state index in [1.54, 1.807) is 24.3 Å². The van der Waals surface area contributed by atoms with Gasteiger partial charge >= 0.3 is 5.97 Å². The van der Waals surface area contributed by atoms with Crippen LogP contribution in [0.4, 0.5) is 10.1 Å². The summed E-state index contributed by atoms with van der Waals surface area (Å²) in [5, 5.41) is 2.47. The minimum atomic E-state index is -0.925. The number of amides is 1. The van der Waals surface area contributed by atoms with Crippen molar-refractivity contribution < 1.29 is 18.7 Å². The average Bonchev–Trinajstić information content (AvgIpc) is 2.51. The molecule has 1 heterocycles. The van der Waals surface area contributed by atoms with Crippen molar-refractivity contribution in [2.75, 3.05) is 5.32 Å². The van der Waals surface area contributed by atoms with Gasteiger partial charge in [0.05, 0.1) is 10.6 Å². The number of carbonyl (C=O) groups excluding carboxylic acids is 2. The summed E-state index contributed by atoms with van der Waals surface area (Å²) in [5.41, 5.74) is 1.57. The number of nitrogens with one attached hydrogen (secondary N) is 1. The summed E-state index contributed by atoms with van der Waals surface area (Å²) in [5.74, 6) is -1.58. The van der Waals surface area contributed by atoms with Gasteiger partial charge in [0.15, 0.2) is 6.10 Å². The Morgan fingerprint density at radius 2 is 2.05 bits per heavy atom. The van der Waals surface area contributed by atoms with Gasteiger partial charge in [-0.05, 0) is 29.8 Å². The summed E-state index contributed by atoms with van der Waals surface area (Å²) in [6.07, 6.45) is -0.630. The van der Waals surface area contributed by atoms with Gasteiger partial charge in [-0.15, -0.1) is 0 Å². The van der Waals surface area contributed by atoms with E-state index < -0.39 is 23.8 Å². The summed E-state index contributed by atoms with van der Waals surface area (Å²) in [6, 6.07) is 10.8. The normalized spacial score (nSPS) is 16.6. The molecule has 1 atom stereocenters. The molecule has 0 bridgehead atoms. The molecule has 2 aromatic rings. The molecule has 0 radical (unpaired) electrons. The van der Waals surface area contributed by atoms with Crippen LogP contribution in [-0.4, -0.2) is 18.0 Å². The summed E-state index contributed by atoms with van der Waals surface area (Å²) in [4.78, 5) is 24.1. The van der Waals surface area contributed by atoms with Gasteiger partial charge < -0.3 is 10.1 Å². The van der Waals surface area contributed by atoms with Gasteiger partial charge in [0.1, 0.15) is 5.82 Å². The van der Waals surface area contributed by atoms with Crippen LogP contribution in [0.3, 0.4) is 0 Å². The van der Waals surface area contributed by atoms with E-state index in [0.29, 0.717) is 17.7 Å². The largest absolute Gasteiger partial charge is 0.448 e. The van der Waals surface area contributed by atoms with Gasteiger partial charge in [-0.3, -0.25) is 4.79 Å². The van der Waals surface area contributed by atoms with E-state index in [0.717, 1.165) is 11.6 Å². The highest BCUT2D eigenvalue weighted by Crippen LogP contribution is 2.23. The first-order valence-corrected chi connectivity index (χ1v) is 6.97. The summed E-state index contributed by atoms with van der Waals surface area (Å²) < 4.78 is 18.2. The molecule has 1 aliphatic rings. The molecule has 4 nitrogen and oxygen atoms in total. The lowest BCUT2D eigenvalue weighted by Gasteiger charge is -2.23. The molecular weight excluding hydrogens is 309 g/mol. The van der Waals surface area contributed by atoms with Crippen molar-refractivity contribution in [3.05, 3.63) is 64.4 Å². The molecule has 112 valence electrons. The highest BCUT2D eigenvalue weighted by molar-refractivity contribution is 6.31. The average molecular weight is 320 g/mol. The Morgan fingerprint density at radius 3 is 2.82 bits per heavy atom. The second kappa shape index (κ2) is 5.77. The monoisotopic (exact) mass is 319 g/mol. The maximum Gasteiger partial charge on any atom is 0.339 e. The molecule has 0 saturated carbocycles. The Kier molecular flexibility index (Phi) is 3.81. The van der Waals surface area contributed by atoms with Gasteiger partial charge in [0.2, 0.25) is 0 Å². The molecule has 0 aromatic heterocycles. The van der Waals surface area contributed by atoms with Crippen molar-refractivity contribution in [2.45, 2.75) is 12.5 Å². The van der Waals surface area contributed by atoms with E-state index in [4.69, 9.17) is 16.3 Å². The van der Waals surface area contributed by atoms with Gasteiger partial charge in [-0.1, -0.05) is 29.8 Å². The first kappa shape index (κ1) is 14.5. The fourth-order valence-corrected chi connectivity index (χ4v) is 2.45. The number of esters is 1. The maximum absolute atomic E-state index is 13.1. The number of halogens is 2. The van der Waals surface area contributed by atoms with E-state index in [1.807, 2.05) is 0 Å². The number of carbonyl (C=O) groups is 2. The predicted octanol–water partition coefficient (Wildman–Crippen LogP) is 3.20. The number of anilines is 1. The molecule has 0 fully saturated rings. The van der Waals surface area contributed by atoms with Crippen molar-refractivity contribution in [3.8, 4) is 0 Å². The zero-order valence-corrected chi connectivity index (χ0v) is 12.1. The maximum atomic E-state index is 13.1. The Morgan fingerprint density at radius 1 is 1.27 bits per heavy atom. The Balaban J connectivity index is 1.76. The molecule has 1 aliphatic heterocycles. The van der Waals surface area contributed by atoms with Crippen LogP contribution in [-0.2, 0) is 16.0 Å². The Bertz CT molecular complexity index is 763. The molecule has 0 spiro atoms.